The molecule has 0 aliphatic rings. The number of aromatic amines is 1. The molecular weight excluding hydrogens is 388 g/mol. The Bertz CT molecular complexity index is 1220. The van der Waals surface area contributed by atoms with Gasteiger partial charge >= 0.3 is 6.09 Å². The number of aromatic nitrogens is 2. The molecule has 0 spiro atoms. The third-order valence-electron chi connectivity index (χ3n) is 4.94. The molecule has 6 nitrogen and oxygen atoms in total. The van der Waals surface area contributed by atoms with Crippen LogP contribution in [0.4, 0.5) is 10.5 Å². The van der Waals surface area contributed by atoms with Crippen LogP contribution in [0.2, 0.25) is 0 Å². The summed E-state index contributed by atoms with van der Waals surface area (Å²) >= 11 is 0. The van der Waals surface area contributed by atoms with Gasteiger partial charge in [0.05, 0.1) is 0 Å². The van der Waals surface area contributed by atoms with Gasteiger partial charge in [-0.25, -0.2) is 9.78 Å². The molecule has 3 N–H and O–H groups in total. The van der Waals surface area contributed by atoms with Gasteiger partial charge in [-0.1, -0.05) is 30.3 Å². The summed E-state index contributed by atoms with van der Waals surface area (Å²) in [4.78, 5) is 19.8. The molecule has 2 aromatic heterocycles. The lowest BCUT2D eigenvalue weighted by Crippen LogP contribution is -2.38. The minimum atomic E-state index is -0.507. The van der Waals surface area contributed by atoms with Gasteiger partial charge in [0.2, 0.25) is 0 Å². The Morgan fingerprint density at radius 3 is 2.74 bits per heavy atom. The van der Waals surface area contributed by atoms with Crippen molar-refractivity contribution in [3.05, 3.63) is 60.8 Å². The number of carbonyl (C=O) groups excluding carboxylic acids is 1. The second-order valence-electron chi connectivity index (χ2n) is 8.76. The summed E-state index contributed by atoms with van der Waals surface area (Å²) in [5, 5.41) is 8.55. The van der Waals surface area contributed by atoms with Crippen LogP contribution >= 0.6 is 0 Å². The first-order valence-electron chi connectivity index (χ1n) is 10.5. The zero-order chi connectivity index (χ0) is 22.0. The van der Waals surface area contributed by atoms with E-state index in [4.69, 9.17) is 4.74 Å². The van der Waals surface area contributed by atoms with E-state index in [1.54, 1.807) is 0 Å². The van der Waals surface area contributed by atoms with Crippen LogP contribution in [0.25, 0.3) is 33.1 Å². The predicted molar refractivity (Wildman–Crippen MR) is 126 cm³/mol. The highest BCUT2D eigenvalue weighted by molar-refractivity contribution is 6.12. The zero-order valence-electron chi connectivity index (χ0n) is 18.3. The van der Waals surface area contributed by atoms with Crippen molar-refractivity contribution < 1.29 is 9.53 Å². The van der Waals surface area contributed by atoms with Crippen molar-refractivity contribution in [1.82, 2.24) is 15.3 Å². The van der Waals surface area contributed by atoms with Gasteiger partial charge in [0, 0.05) is 40.8 Å². The van der Waals surface area contributed by atoms with Gasteiger partial charge in [-0.15, -0.1) is 0 Å². The molecule has 0 fully saturated rings. The number of carbonyl (C=O) groups is 1. The van der Waals surface area contributed by atoms with Crippen LogP contribution in [0.5, 0.6) is 0 Å². The quantitative estimate of drug-likeness (QED) is 0.389. The fourth-order valence-corrected chi connectivity index (χ4v) is 3.67. The lowest BCUT2D eigenvalue weighted by molar-refractivity contribution is 0.0526. The average Bonchev–Trinajstić information content (AvgIpc) is 3.10. The highest BCUT2D eigenvalue weighted by atomic mass is 16.6. The van der Waals surface area contributed by atoms with Crippen LogP contribution in [-0.2, 0) is 4.74 Å². The third kappa shape index (κ3) is 4.79. The summed E-state index contributed by atoms with van der Waals surface area (Å²) < 4.78 is 5.30. The number of alkyl carbamates (subject to hydrolysis) is 1. The number of para-hydroxylation sites is 1. The van der Waals surface area contributed by atoms with Gasteiger partial charge in [0.1, 0.15) is 11.2 Å². The maximum Gasteiger partial charge on any atom is 0.407 e. The minimum absolute atomic E-state index is 0.0355. The van der Waals surface area contributed by atoms with E-state index < -0.39 is 11.7 Å². The van der Waals surface area contributed by atoms with Crippen LogP contribution in [0.3, 0.4) is 0 Å². The summed E-state index contributed by atoms with van der Waals surface area (Å²) in [6.45, 7) is 8.03. The van der Waals surface area contributed by atoms with E-state index in [0.29, 0.717) is 6.54 Å². The van der Waals surface area contributed by atoms with Crippen LogP contribution in [0, 0.1) is 0 Å². The molecule has 0 saturated heterocycles. The highest BCUT2D eigenvalue weighted by Crippen LogP contribution is 2.34. The number of H-pyrrole nitrogens is 1. The van der Waals surface area contributed by atoms with Crippen molar-refractivity contribution in [2.45, 2.75) is 39.3 Å². The normalized spacial score (nSPS) is 12.6. The van der Waals surface area contributed by atoms with E-state index in [2.05, 4.69) is 50.9 Å². The second-order valence-corrected chi connectivity index (χ2v) is 8.76. The van der Waals surface area contributed by atoms with E-state index in [0.717, 1.165) is 38.8 Å². The molecule has 1 amide bonds. The summed E-state index contributed by atoms with van der Waals surface area (Å²) in [7, 11) is 0. The largest absolute Gasteiger partial charge is 0.444 e. The van der Waals surface area contributed by atoms with E-state index >= 15 is 0 Å². The number of pyridine rings is 1. The zero-order valence-corrected chi connectivity index (χ0v) is 18.3. The number of nitrogens with one attached hydrogen (secondary N) is 3. The van der Waals surface area contributed by atoms with Crippen molar-refractivity contribution in [1.29, 1.82) is 0 Å². The number of amides is 1. The molecule has 6 heteroatoms. The van der Waals surface area contributed by atoms with Crippen molar-refractivity contribution in [2.24, 2.45) is 0 Å². The van der Waals surface area contributed by atoms with E-state index in [9.17, 15) is 4.79 Å². The molecule has 2 heterocycles. The molecule has 0 bridgehead atoms. The molecule has 1 atom stereocenters. The highest BCUT2D eigenvalue weighted by Gasteiger charge is 2.16. The van der Waals surface area contributed by atoms with Crippen molar-refractivity contribution in [3.8, 4) is 11.1 Å². The smallest absolute Gasteiger partial charge is 0.407 e. The number of hydrogen-bond acceptors (Lipinski definition) is 4. The molecule has 4 rings (SSSR count). The molecule has 4 aromatic rings. The Morgan fingerprint density at radius 1 is 1.13 bits per heavy atom. The first-order valence-corrected chi connectivity index (χ1v) is 10.5. The molecule has 2 aromatic carbocycles. The molecule has 0 aliphatic heterocycles. The van der Waals surface area contributed by atoms with Crippen molar-refractivity contribution in [2.75, 3.05) is 11.9 Å². The molecule has 160 valence electrons. The topological polar surface area (TPSA) is 79.0 Å². The molecule has 31 heavy (non-hydrogen) atoms. The van der Waals surface area contributed by atoms with Crippen LogP contribution < -0.4 is 10.6 Å². The van der Waals surface area contributed by atoms with Gasteiger partial charge in [-0.05, 0) is 63.1 Å². The molecule has 1 unspecified atom stereocenters. The number of anilines is 1. The Labute approximate surface area is 182 Å². The molecule has 0 aliphatic carbocycles. The summed E-state index contributed by atoms with van der Waals surface area (Å²) in [6.07, 6.45) is 1.42. The number of rotatable bonds is 5. The fraction of sp³-hybridized carbons (Fsp3) is 0.280. The fourth-order valence-electron chi connectivity index (χ4n) is 3.67. The molecular formula is C25H28N4O2. The predicted octanol–water partition coefficient (Wildman–Crippen LogP) is 5.71. The van der Waals surface area contributed by atoms with E-state index in [-0.39, 0.29) is 6.04 Å². The van der Waals surface area contributed by atoms with Crippen LogP contribution in [-0.4, -0.2) is 34.2 Å². The lowest BCUT2D eigenvalue weighted by atomic mass is 10.0. The lowest BCUT2D eigenvalue weighted by Gasteiger charge is -2.21. The van der Waals surface area contributed by atoms with Crippen molar-refractivity contribution in [3.63, 3.8) is 0 Å². The Balaban J connectivity index is 1.53. The number of benzene rings is 2. The second kappa shape index (κ2) is 8.30. The van der Waals surface area contributed by atoms with E-state index in [1.165, 1.54) is 0 Å². The Kier molecular flexibility index (Phi) is 5.55. The van der Waals surface area contributed by atoms with Crippen LogP contribution in [0.1, 0.15) is 27.7 Å². The molecule has 0 saturated carbocycles. The Hall–Kier alpha value is -3.54. The monoisotopic (exact) mass is 416 g/mol. The van der Waals surface area contributed by atoms with Gasteiger partial charge in [0.25, 0.3) is 0 Å². The number of nitrogens with zero attached hydrogens (tertiary/aromatic N) is 1. The van der Waals surface area contributed by atoms with E-state index in [1.807, 2.05) is 58.2 Å². The summed E-state index contributed by atoms with van der Waals surface area (Å²) in [5.41, 5.74) is 4.68. The third-order valence-corrected chi connectivity index (χ3v) is 4.94. The molecule has 0 radical (unpaired) electrons. The summed E-state index contributed by atoms with van der Waals surface area (Å²) in [6, 6.07) is 18.6. The standard InChI is InChI=1S/C25H28N4O2/c1-16(15-27-24(30)31-25(2,3)4)28-18-9-7-8-17(14-18)19-12-13-26-23-22(19)20-10-5-6-11-21(20)29-23/h5-14,16,28H,15H2,1-4H3,(H,26,29)(H,27,30). The number of ether oxygens (including phenoxy) is 1. The first-order chi connectivity index (χ1) is 14.8. The van der Waals surface area contributed by atoms with Gasteiger partial charge in [0.15, 0.2) is 0 Å². The van der Waals surface area contributed by atoms with Crippen LogP contribution in [0.15, 0.2) is 60.8 Å². The summed E-state index contributed by atoms with van der Waals surface area (Å²) in [5.74, 6) is 0. The minimum Gasteiger partial charge on any atom is -0.444 e. The Morgan fingerprint density at radius 2 is 1.94 bits per heavy atom. The number of fused-ring (bicyclic) bond motifs is 3. The average molecular weight is 417 g/mol. The first kappa shape index (κ1) is 20.7. The van der Waals surface area contributed by atoms with Gasteiger partial charge < -0.3 is 20.4 Å². The van der Waals surface area contributed by atoms with Gasteiger partial charge in [-0.3, -0.25) is 0 Å². The van der Waals surface area contributed by atoms with Crippen molar-refractivity contribution >= 4 is 33.7 Å². The maximum absolute atomic E-state index is 11.9. The number of hydrogen-bond donors (Lipinski definition) is 3. The maximum atomic E-state index is 11.9. The SMILES string of the molecule is CC(CNC(=O)OC(C)(C)C)Nc1cccc(-c2ccnc3[nH]c4ccccc4c23)c1. The van der Waals surface area contributed by atoms with Gasteiger partial charge in [-0.2, -0.15) is 0 Å².